The van der Waals surface area contributed by atoms with Gasteiger partial charge in [0.25, 0.3) is 0 Å². The highest BCUT2D eigenvalue weighted by atomic mass is 32.1. The number of hydrogen-bond acceptors (Lipinski definition) is 3. The Labute approximate surface area is 106 Å². The van der Waals surface area contributed by atoms with Crippen LogP contribution in [-0.2, 0) is 12.6 Å². The van der Waals surface area contributed by atoms with Crippen LogP contribution in [0.2, 0.25) is 0 Å². The molecule has 2 rings (SSSR count). The highest BCUT2D eigenvalue weighted by Gasteiger charge is 2.30. The molecule has 0 bridgehead atoms. The first-order chi connectivity index (χ1) is 8.50. The monoisotopic (exact) mass is 273 g/mol. The van der Waals surface area contributed by atoms with E-state index >= 15 is 0 Å². The van der Waals surface area contributed by atoms with Crippen molar-refractivity contribution in [2.24, 2.45) is 0 Å². The third-order valence-electron chi connectivity index (χ3n) is 2.35. The molecule has 0 radical (unpaired) electrons. The lowest BCUT2D eigenvalue weighted by atomic mass is 10.1. The van der Waals surface area contributed by atoms with Crippen LogP contribution in [-0.4, -0.2) is 16.7 Å². The molecule has 0 saturated heterocycles. The first-order valence-electron chi connectivity index (χ1n) is 5.24. The first kappa shape index (κ1) is 13.0. The lowest BCUT2D eigenvalue weighted by Gasteiger charge is -2.07. The quantitative estimate of drug-likeness (QED) is 0.930. The topological polar surface area (TPSA) is 33.1 Å². The van der Waals surface area contributed by atoms with Crippen molar-refractivity contribution in [1.29, 1.82) is 0 Å². The van der Waals surface area contributed by atoms with Gasteiger partial charge in [0, 0.05) is 29.7 Å². The second-order valence-electron chi connectivity index (χ2n) is 3.68. The van der Waals surface area contributed by atoms with Gasteiger partial charge in [0.2, 0.25) is 0 Å². The molecule has 1 heterocycles. The van der Waals surface area contributed by atoms with E-state index in [1.54, 1.807) is 12.3 Å². The third-order valence-corrected chi connectivity index (χ3v) is 3.45. The minimum absolute atomic E-state index is 0.00419. The van der Waals surface area contributed by atoms with Crippen molar-refractivity contribution in [1.82, 2.24) is 4.98 Å². The predicted molar refractivity (Wildman–Crippen MR) is 63.3 cm³/mol. The van der Waals surface area contributed by atoms with Crippen molar-refractivity contribution < 1.29 is 18.3 Å². The first-order valence-corrected chi connectivity index (χ1v) is 6.05. The summed E-state index contributed by atoms with van der Waals surface area (Å²) in [5, 5.41) is 9.31. The average Bonchev–Trinajstić information content (AvgIpc) is 2.77. The number of rotatable bonds is 3. The SMILES string of the molecule is OCCc1cnc(-c2cccc(C(F)(F)F)c2)s1. The van der Waals surface area contributed by atoms with Crippen LogP contribution in [0.25, 0.3) is 10.6 Å². The van der Waals surface area contributed by atoms with Crippen molar-refractivity contribution in [3.8, 4) is 10.6 Å². The zero-order chi connectivity index (χ0) is 13.2. The standard InChI is InChI=1S/C12H10F3NOS/c13-12(14,15)9-3-1-2-8(6-9)11-16-7-10(18-11)4-5-17/h1-3,6-7,17H,4-5H2. The van der Waals surface area contributed by atoms with Crippen LogP contribution in [0.5, 0.6) is 0 Å². The maximum atomic E-state index is 12.6. The van der Waals surface area contributed by atoms with Crippen molar-refractivity contribution in [2.75, 3.05) is 6.61 Å². The van der Waals surface area contributed by atoms with Crippen LogP contribution in [0.4, 0.5) is 13.2 Å². The molecule has 96 valence electrons. The van der Waals surface area contributed by atoms with Crippen molar-refractivity contribution >= 4 is 11.3 Å². The zero-order valence-electron chi connectivity index (χ0n) is 9.24. The molecule has 0 amide bonds. The number of aliphatic hydroxyl groups is 1. The molecular weight excluding hydrogens is 263 g/mol. The summed E-state index contributed by atoms with van der Waals surface area (Å²) in [7, 11) is 0. The third kappa shape index (κ3) is 2.88. The van der Waals surface area contributed by atoms with Gasteiger partial charge in [-0.3, -0.25) is 0 Å². The van der Waals surface area contributed by atoms with E-state index in [0.29, 0.717) is 17.0 Å². The van der Waals surface area contributed by atoms with E-state index in [4.69, 9.17) is 5.11 Å². The Morgan fingerprint density at radius 3 is 2.72 bits per heavy atom. The minimum atomic E-state index is -4.35. The van der Waals surface area contributed by atoms with Crippen LogP contribution in [0.3, 0.4) is 0 Å². The Morgan fingerprint density at radius 1 is 1.28 bits per heavy atom. The predicted octanol–water partition coefficient (Wildman–Crippen LogP) is 3.36. The summed E-state index contributed by atoms with van der Waals surface area (Å²) in [4.78, 5) is 4.92. The second-order valence-corrected chi connectivity index (χ2v) is 4.80. The van der Waals surface area contributed by atoms with Gasteiger partial charge < -0.3 is 5.11 Å². The molecule has 0 aliphatic carbocycles. The van der Waals surface area contributed by atoms with Crippen LogP contribution in [0.1, 0.15) is 10.4 Å². The van der Waals surface area contributed by atoms with E-state index < -0.39 is 11.7 Å². The van der Waals surface area contributed by atoms with E-state index in [1.165, 1.54) is 17.4 Å². The minimum Gasteiger partial charge on any atom is -0.396 e. The maximum Gasteiger partial charge on any atom is 0.416 e. The van der Waals surface area contributed by atoms with Crippen molar-refractivity contribution in [3.63, 3.8) is 0 Å². The molecule has 1 N–H and O–H groups in total. The molecule has 0 aliphatic heterocycles. The van der Waals surface area contributed by atoms with Crippen LogP contribution >= 0.6 is 11.3 Å². The number of thiazole rings is 1. The van der Waals surface area contributed by atoms with Crippen molar-refractivity contribution in [3.05, 3.63) is 40.9 Å². The van der Waals surface area contributed by atoms with Gasteiger partial charge in [-0.15, -0.1) is 11.3 Å². The molecule has 2 nitrogen and oxygen atoms in total. The van der Waals surface area contributed by atoms with Gasteiger partial charge in [-0.05, 0) is 12.1 Å². The van der Waals surface area contributed by atoms with Gasteiger partial charge in [0.15, 0.2) is 0 Å². The van der Waals surface area contributed by atoms with Gasteiger partial charge in [-0.1, -0.05) is 12.1 Å². The largest absolute Gasteiger partial charge is 0.416 e. The number of alkyl halides is 3. The highest BCUT2D eigenvalue weighted by molar-refractivity contribution is 7.15. The summed E-state index contributed by atoms with van der Waals surface area (Å²) >= 11 is 1.29. The van der Waals surface area contributed by atoms with Gasteiger partial charge in [-0.2, -0.15) is 13.2 Å². The molecule has 2 aromatic rings. The van der Waals surface area contributed by atoms with E-state index in [9.17, 15) is 13.2 Å². The Morgan fingerprint density at radius 2 is 2.06 bits per heavy atom. The molecule has 18 heavy (non-hydrogen) atoms. The van der Waals surface area contributed by atoms with Gasteiger partial charge in [0.05, 0.1) is 5.56 Å². The van der Waals surface area contributed by atoms with E-state index in [0.717, 1.165) is 17.0 Å². The maximum absolute atomic E-state index is 12.6. The fraction of sp³-hybridized carbons (Fsp3) is 0.250. The van der Waals surface area contributed by atoms with Crippen molar-refractivity contribution in [2.45, 2.75) is 12.6 Å². The molecule has 0 fully saturated rings. The summed E-state index contributed by atoms with van der Waals surface area (Å²) in [6, 6.07) is 5.08. The summed E-state index contributed by atoms with van der Waals surface area (Å²) in [5.74, 6) is 0. The van der Waals surface area contributed by atoms with Crippen LogP contribution < -0.4 is 0 Å². The van der Waals surface area contributed by atoms with E-state index in [1.807, 2.05) is 0 Å². The normalized spacial score (nSPS) is 11.8. The summed E-state index contributed by atoms with van der Waals surface area (Å²) in [6.07, 6.45) is -2.30. The number of aromatic nitrogens is 1. The Balaban J connectivity index is 2.32. The number of halogens is 3. The van der Waals surface area contributed by atoms with E-state index in [-0.39, 0.29) is 6.61 Å². The molecule has 0 spiro atoms. The smallest absolute Gasteiger partial charge is 0.396 e. The lowest BCUT2D eigenvalue weighted by Crippen LogP contribution is -2.04. The second kappa shape index (κ2) is 5.07. The molecule has 0 unspecified atom stereocenters. The number of aliphatic hydroxyl groups excluding tert-OH is 1. The number of hydrogen-bond donors (Lipinski definition) is 1. The number of nitrogens with zero attached hydrogens (tertiary/aromatic N) is 1. The fourth-order valence-corrected chi connectivity index (χ4v) is 2.39. The van der Waals surface area contributed by atoms with Crippen LogP contribution in [0, 0.1) is 0 Å². The molecular formula is C12H10F3NOS. The molecule has 1 aromatic carbocycles. The van der Waals surface area contributed by atoms with E-state index in [2.05, 4.69) is 4.98 Å². The Kier molecular flexibility index (Phi) is 3.68. The van der Waals surface area contributed by atoms with Gasteiger partial charge in [-0.25, -0.2) is 4.98 Å². The molecule has 0 saturated carbocycles. The van der Waals surface area contributed by atoms with Crippen LogP contribution in [0.15, 0.2) is 30.5 Å². The fourth-order valence-electron chi connectivity index (χ4n) is 1.50. The summed E-state index contributed by atoms with van der Waals surface area (Å²) < 4.78 is 37.7. The summed E-state index contributed by atoms with van der Waals surface area (Å²) in [6.45, 7) is 0.00419. The number of benzene rings is 1. The molecule has 0 atom stereocenters. The Bertz CT molecular complexity index is 536. The van der Waals surface area contributed by atoms with Gasteiger partial charge in [0.1, 0.15) is 5.01 Å². The Hall–Kier alpha value is -1.40. The highest BCUT2D eigenvalue weighted by Crippen LogP contribution is 2.33. The molecule has 6 heteroatoms. The molecule has 1 aromatic heterocycles. The zero-order valence-corrected chi connectivity index (χ0v) is 10.1. The molecule has 0 aliphatic rings. The average molecular weight is 273 g/mol. The lowest BCUT2D eigenvalue weighted by molar-refractivity contribution is -0.137. The summed E-state index contributed by atoms with van der Waals surface area (Å²) in [5.41, 5.74) is -0.238. The van der Waals surface area contributed by atoms with Gasteiger partial charge >= 0.3 is 6.18 Å².